The number of hydrogen-bond donors (Lipinski definition) is 4. The molecule has 0 aliphatic carbocycles. The van der Waals surface area contributed by atoms with Crippen LogP contribution in [-0.4, -0.2) is 136 Å². The maximum atomic E-state index is 11.1. The van der Waals surface area contributed by atoms with Crippen molar-refractivity contribution in [2.45, 2.75) is 51.1 Å². The third kappa shape index (κ3) is 28.6. The zero-order chi connectivity index (χ0) is 32.2. The molecule has 4 unspecified atom stereocenters. The first-order valence-electron chi connectivity index (χ1n) is 12.9. The highest BCUT2D eigenvalue weighted by Crippen LogP contribution is 1.95. The smallest absolute Gasteiger partial charge is 0.331 e. The molecule has 0 rings (SSSR count). The molecule has 0 aliphatic rings. The number of ether oxygens (including phenoxy) is 8. The van der Waals surface area contributed by atoms with E-state index in [-0.39, 0.29) is 53.2 Å². The molecule has 42 heavy (non-hydrogen) atoms. The molecule has 0 spiro atoms. The van der Waals surface area contributed by atoms with E-state index in [9.17, 15) is 39.6 Å². The minimum Gasteiger partial charge on any atom is -0.466 e. The Balaban J connectivity index is 0. The van der Waals surface area contributed by atoms with Crippen LogP contribution in [0.1, 0.15) is 26.7 Å². The lowest BCUT2D eigenvalue weighted by Crippen LogP contribution is -2.24. The molecule has 16 nitrogen and oxygen atoms in total. The molecule has 0 radical (unpaired) electrons. The number of carbonyl (C=O) groups excluding carboxylic acids is 4. The van der Waals surface area contributed by atoms with E-state index >= 15 is 0 Å². The molecule has 0 fully saturated rings. The summed E-state index contributed by atoms with van der Waals surface area (Å²) in [4.78, 5) is 43.7. The summed E-state index contributed by atoms with van der Waals surface area (Å²) >= 11 is 0. The van der Waals surface area contributed by atoms with Crippen molar-refractivity contribution in [1.82, 2.24) is 0 Å². The molecule has 0 bridgehead atoms. The zero-order valence-electron chi connectivity index (χ0n) is 24.4. The van der Waals surface area contributed by atoms with Crippen molar-refractivity contribution in [3.63, 3.8) is 0 Å². The molecule has 16 heteroatoms. The van der Waals surface area contributed by atoms with Crippen molar-refractivity contribution in [2.75, 3.05) is 67.4 Å². The molecule has 244 valence electrons. The van der Waals surface area contributed by atoms with Crippen LogP contribution in [0.3, 0.4) is 0 Å². The van der Waals surface area contributed by atoms with E-state index in [2.05, 4.69) is 18.9 Å². The van der Waals surface area contributed by atoms with Gasteiger partial charge in [-0.25, -0.2) is 19.2 Å². The largest absolute Gasteiger partial charge is 0.466 e. The van der Waals surface area contributed by atoms with E-state index in [4.69, 9.17) is 18.9 Å². The van der Waals surface area contributed by atoms with E-state index in [0.717, 1.165) is 24.3 Å². The molecular weight excluding hydrogens is 568 g/mol. The van der Waals surface area contributed by atoms with Crippen LogP contribution < -0.4 is 0 Å². The van der Waals surface area contributed by atoms with Gasteiger partial charge in [-0.05, 0) is 12.8 Å². The SMILES string of the molecule is CCC(O)COCOCC(O)COC(=O)/C=C/C(=O)OC.CCC(O)COCOCC(O)COC(=O)/C=C/C(=O)OC. The summed E-state index contributed by atoms with van der Waals surface area (Å²) in [6, 6.07) is 0. The lowest BCUT2D eigenvalue weighted by molar-refractivity contribution is -0.145. The van der Waals surface area contributed by atoms with Gasteiger partial charge in [-0.15, -0.1) is 0 Å². The van der Waals surface area contributed by atoms with Crippen molar-refractivity contribution >= 4 is 23.9 Å². The second-order valence-electron chi connectivity index (χ2n) is 8.12. The Morgan fingerprint density at radius 3 is 1.07 bits per heavy atom. The summed E-state index contributed by atoms with van der Waals surface area (Å²) in [6.07, 6.45) is 1.68. The first kappa shape index (κ1) is 41.2. The first-order valence-corrected chi connectivity index (χ1v) is 12.9. The van der Waals surface area contributed by atoms with Crippen LogP contribution in [0, 0.1) is 0 Å². The summed E-state index contributed by atoms with van der Waals surface area (Å²) in [5.41, 5.74) is 0. The van der Waals surface area contributed by atoms with Crippen LogP contribution in [0.4, 0.5) is 0 Å². The summed E-state index contributed by atoms with van der Waals surface area (Å²) in [6.45, 7) is 3.06. The molecule has 0 aromatic rings. The zero-order valence-corrected chi connectivity index (χ0v) is 24.4. The van der Waals surface area contributed by atoms with Crippen LogP contribution in [0.15, 0.2) is 24.3 Å². The van der Waals surface area contributed by atoms with Crippen LogP contribution in [0.5, 0.6) is 0 Å². The molecule has 4 N–H and O–H groups in total. The molecule has 0 aromatic carbocycles. The van der Waals surface area contributed by atoms with E-state index in [1.807, 2.05) is 13.8 Å². The Bertz CT molecular complexity index is 720. The van der Waals surface area contributed by atoms with Crippen molar-refractivity contribution in [1.29, 1.82) is 0 Å². The average molecular weight is 613 g/mol. The third-order valence-electron chi connectivity index (χ3n) is 4.47. The fourth-order valence-electron chi connectivity index (χ4n) is 2.05. The summed E-state index contributed by atoms with van der Waals surface area (Å²) in [5, 5.41) is 37.3. The normalized spacial score (nSPS) is 13.9. The Labute approximate surface area is 244 Å². The van der Waals surface area contributed by atoms with Crippen LogP contribution in [0.25, 0.3) is 0 Å². The standard InChI is InChI=1S/2C13H22O8/c2*1-3-10(14)6-19-9-20-7-11(15)8-21-13(17)5-4-12(16)18-2/h2*4-5,10-11,14-15H,3,6-9H2,1-2H3/b2*5-4+. The van der Waals surface area contributed by atoms with Gasteiger partial charge in [0.1, 0.15) is 39.0 Å². The minimum absolute atomic E-state index is 0.0791. The van der Waals surface area contributed by atoms with Gasteiger partial charge in [-0.3, -0.25) is 0 Å². The van der Waals surface area contributed by atoms with E-state index < -0.39 is 48.3 Å². The number of hydrogen-bond acceptors (Lipinski definition) is 16. The molecular formula is C26H44O16. The summed E-state index contributed by atoms with van der Waals surface area (Å²) in [7, 11) is 2.36. The van der Waals surface area contributed by atoms with Crippen molar-refractivity contribution in [3.8, 4) is 0 Å². The highest BCUT2D eigenvalue weighted by atomic mass is 16.7. The molecule has 0 heterocycles. The van der Waals surface area contributed by atoms with Gasteiger partial charge in [0, 0.05) is 24.3 Å². The van der Waals surface area contributed by atoms with Crippen molar-refractivity contribution < 1.29 is 77.5 Å². The fraction of sp³-hybridized carbons (Fsp3) is 0.692. The number of aliphatic hydroxyl groups is 4. The van der Waals surface area contributed by atoms with E-state index in [0.29, 0.717) is 12.8 Å². The van der Waals surface area contributed by atoms with Crippen LogP contribution in [-0.2, 0) is 57.1 Å². The van der Waals surface area contributed by atoms with Gasteiger partial charge in [-0.2, -0.15) is 0 Å². The molecule has 0 saturated carbocycles. The Morgan fingerprint density at radius 1 is 0.500 bits per heavy atom. The lowest BCUT2D eigenvalue weighted by Gasteiger charge is -2.12. The van der Waals surface area contributed by atoms with Gasteiger partial charge in [-0.1, -0.05) is 13.8 Å². The predicted molar refractivity (Wildman–Crippen MR) is 142 cm³/mol. The Morgan fingerprint density at radius 2 is 0.786 bits per heavy atom. The van der Waals surface area contributed by atoms with Gasteiger partial charge in [0.15, 0.2) is 0 Å². The number of aliphatic hydroxyl groups excluding tert-OH is 4. The maximum Gasteiger partial charge on any atom is 0.331 e. The van der Waals surface area contributed by atoms with Gasteiger partial charge in [0.2, 0.25) is 0 Å². The van der Waals surface area contributed by atoms with Crippen molar-refractivity contribution in [3.05, 3.63) is 24.3 Å². The number of carbonyl (C=O) groups is 4. The predicted octanol–water partition coefficient (Wildman–Crippen LogP) is -1.24. The van der Waals surface area contributed by atoms with E-state index in [1.54, 1.807) is 0 Å². The van der Waals surface area contributed by atoms with E-state index in [1.165, 1.54) is 14.2 Å². The second-order valence-corrected chi connectivity index (χ2v) is 8.12. The molecule has 4 atom stereocenters. The quantitative estimate of drug-likeness (QED) is 0.0369. The summed E-state index contributed by atoms with van der Waals surface area (Å²) < 4.78 is 37.8. The van der Waals surface area contributed by atoms with Gasteiger partial charge in [0.25, 0.3) is 0 Å². The molecule has 0 aromatic heterocycles. The lowest BCUT2D eigenvalue weighted by atomic mass is 10.3. The van der Waals surface area contributed by atoms with Crippen LogP contribution >= 0.6 is 0 Å². The fourth-order valence-corrected chi connectivity index (χ4v) is 2.05. The number of methoxy groups -OCH3 is 2. The van der Waals surface area contributed by atoms with Gasteiger partial charge in [0.05, 0.1) is 52.9 Å². The number of esters is 4. The minimum atomic E-state index is -1.01. The monoisotopic (exact) mass is 612 g/mol. The molecule has 0 saturated heterocycles. The molecule has 0 aliphatic heterocycles. The van der Waals surface area contributed by atoms with Gasteiger partial charge >= 0.3 is 23.9 Å². The Kier molecular flexibility index (Phi) is 27.6. The average Bonchev–Trinajstić information content (AvgIpc) is 2.99. The molecule has 0 amide bonds. The number of rotatable bonds is 22. The first-order chi connectivity index (χ1) is 20.0. The maximum absolute atomic E-state index is 11.1. The van der Waals surface area contributed by atoms with Gasteiger partial charge < -0.3 is 58.3 Å². The summed E-state index contributed by atoms with van der Waals surface area (Å²) in [5.74, 6) is -2.91. The van der Waals surface area contributed by atoms with Crippen LogP contribution in [0.2, 0.25) is 0 Å². The highest BCUT2D eigenvalue weighted by Gasteiger charge is 2.09. The Hall–Kier alpha value is -2.96. The highest BCUT2D eigenvalue weighted by molar-refractivity contribution is 5.92. The topological polar surface area (TPSA) is 223 Å². The van der Waals surface area contributed by atoms with Crippen molar-refractivity contribution in [2.24, 2.45) is 0 Å². The third-order valence-corrected chi connectivity index (χ3v) is 4.47. The second kappa shape index (κ2) is 28.2.